The highest BCUT2D eigenvalue weighted by atomic mass is 35.5. The molecule has 1 N–H and O–H groups in total. The molecule has 2 aromatic carbocycles. The van der Waals surface area contributed by atoms with E-state index in [1.165, 1.54) is 11.1 Å². The molecular formula is C16H18ClN. The third-order valence-electron chi connectivity index (χ3n) is 3.26. The van der Waals surface area contributed by atoms with Crippen LogP contribution in [-0.4, -0.2) is 0 Å². The van der Waals surface area contributed by atoms with E-state index in [9.17, 15) is 0 Å². The highest BCUT2D eigenvalue weighted by Crippen LogP contribution is 2.26. The van der Waals surface area contributed by atoms with Gasteiger partial charge in [0, 0.05) is 16.8 Å². The Morgan fingerprint density at radius 3 is 2.39 bits per heavy atom. The second kappa shape index (κ2) is 5.45. The molecular weight excluding hydrogens is 242 g/mol. The third-order valence-corrected chi connectivity index (χ3v) is 3.61. The van der Waals surface area contributed by atoms with Crippen LogP contribution in [0.15, 0.2) is 42.5 Å². The van der Waals surface area contributed by atoms with Gasteiger partial charge in [0.05, 0.1) is 0 Å². The van der Waals surface area contributed by atoms with Crippen LogP contribution in [0.2, 0.25) is 5.02 Å². The fourth-order valence-corrected chi connectivity index (χ4v) is 2.28. The van der Waals surface area contributed by atoms with Crippen molar-refractivity contribution in [2.75, 3.05) is 5.32 Å². The van der Waals surface area contributed by atoms with Gasteiger partial charge in [0.1, 0.15) is 0 Å². The van der Waals surface area contributed by atoms with Crippen molar-refractivity contribution >= 4 is 17.3 Å². The topological polar surface area (TPSA) is 12.0 Å². The minimum Gasteiger partial charge on any atom is -0.378 e. The summed E-state index contributed by atoms with van der Waals surface area (Å²) in [6.45, 7) is 6.37. The van der Waals surface area contributed by atoms with Gasteiger partial charge < -0.3 is 5.32 Å². The van der Waals surface area contributed by atoms with Crippen molar-refractivity contribution in [1.82, 2.24) is 0 Å². The van der Waals surface area contributed by atoms with E-state index in [0.717, 1.165) is 16.3 Å². The lowest BCUT2D eigenvalue weighted by molar-refractivity contribution is 0.884. The van der Waals surface area contributed by atoms with Crippen LogP contribution in [0.5, 0.6) is 0 Å². The smallest absolute Gasteiger partial charge is 0.0500 e. The first-order valence-electron chi connectivity index (χ1n) is 6.16. The normalized spacial score (nSPS) is 12.2. The fourth-order valence-electron chi connectivity index (χ4n) is 1.99. The van der Waals surface area contributed by atoms with Crippen molar-refractivity contribution in [3.63, 3.8) is 0 Å². The van der Waals surface area contributed by atoms with Crippen LogP contribution >= 0.6 is 11.6 Å². The Bertz CT molecular complexity index is 549. The van der Waals surface area contributed by atoms with E-state index < -0.39 is 0 Å². The zero-order chi connectivity index (χ0) is 13.1. The van der Waals surface area contributed by atoms with Gasteiger partial charge >= 0.3 is 0 Å². The summed E-state index contributed by atoms with van der Waals surface area (Å²) in [5.41, 5.74) is 4.86. The summed E-state index contributed by atoms with van der Waals surface area (Å²) in [7, 11) is 0. The molecule has 0 spiro atoms. The Balaban J connectivity index is 2.19. The lowest BCUT2D eigenvalue weighted by atomic mass is 10.1. The molecule has 0 saturated carbocycles. The quantitative estimate of drug-likeness (QED) is 0.806. The van der Waals surface area contributed by atoms with E-state index in [-0.39, 0.29) is 6.04 Å². The maximum absolute atomic E-state index is 6.20. The van der Waals surface area contributed by atoms with Gasteiger partial charge in [-0.15, -0.1) is 0 Å². The maximum Gasteiger partial charge on any atom is 0.0500 e. The molecule has 1 unspecified atom stereocenters. The molecule has 2 aromatic rings. The molecule has 0 fully saturated rings. The van der Waals surface area contributed by atoms with Gasteiger partial charge in [-0.3, -0.25) is 0 Å². The first kappa shape index (κ1) is 13.0. The Morgan fingerprint density at radius 2 is 1.72 bits per heavy atom. The van der Waals surface area contributed by atoms with Gasteiger partial charge in [-0.05, 0) is 55.7 Å². The van der Waals surface area contributed by atoms with Crippen molar-refractivity contribution in [3.05, 3.63) is 64.2 Å². The minimum atomic E-state index is 0.195. The lowest BCUT2D eigenvalue weighted by Gasteiger charge is -2.17. The second-order valence-electron chi connectivity index (χ2n) is 4.69. The average Bonchev–Trinajstić information content (AvgIpc) is 2.34. The number of benzene rings is 2. The van der Waals surface area contributed by atoms with Crippen molar-refractivity contribution in [2.24, 2.45) is 0 Å². The molecule has 94 valence electrons. The van der Waals surface area contributed by atoms with Crippen LogP contribution in [0.4, 0.5) is 5.69 Å². The van der Waals surface area contributed by atoms with Crippen molar-refractivity contribution in [3.8, 4) is 0 Å². The first-order valence-corrected chi connectivity index (χ1v) is 6.54. The number of hydrogen-bond acceptors (Lipinski definition) is 1. The summed E-state index contributed by atoms with van der Waals surface area (Å²) in [4.78, 5) is 0. The van der Waals surface area contributed by atoms with Crippen LogP contribution in [-0.2, 0) is 0 Å². The van der Waals surface area contributed by atoms with E-state index in [4.69, 9.17) is 11.6 Å². The molecule has 1 nitrogen and oxygen atoms in total. The largest absolute Gasteiger partial charge is 0.378 e. The van der Waals surface area contributed by atoms with E-state index in [1.807, 2.05) is 18.2 Å². The number of aryl methyl sites for hydroxylation is 2. The number of nitrogens with one attached hydrogen (secondary N) is 1. The van der Waals surface area contributed by atoms with Crippen LogP contribution < -0.4 is 5.32 Å². The molecule has 0 amide bonds. The number of rotatable bonds is 3. The minimum absolute atomic E-state index is 0.195. The van der Waals surface area contributed by atoms with Crippen LogP contribution in [0, 0.1) is 13.8 Å². The molecule has 0 aromatic heterocycles. The Kier molecular flexibility index (Phi) is 3.93. The second-order valence-corrected chi connectivity index (χ2v) is 5.09. The van der Waals surface area contributed by atoms with Gasteiger partial charge in [-0.1, -0.05) is 35.9 Å². The van der Waals surface area contributed by atoms with E-state index in [1.54, 1.807) is 0 Å². The van der Waals surface area contributed by atoms with Crippen LogP contribution in [0.3, 0.4) is 0 Å². The molecule has 0 aliphatic rings. The summed E-state index contributed by atoms with van der Waals surface area (Å²) in [6, 6.07) is 14.6. The summed E-state index contributed by atoms with van der Waals surface area (Å²) in [6.07, 6.45) is 0. The molecule has 1 atom stereocenters. The summed E-state index contributed by atoms with van der Waals surface area (Å²) in [5, 5.41) is 4.29. The predicted molar refractivity (Wildman–Crippen MR) is 79.4 cm³/mol. The van der Waals surface area contributed by atoms with Crippen molar-refractivity contribution in [1.29, 1.82) is 0 Å². The number of halogens is 1. The predicted octanol–water partition coefficient (Wildman–Crippen LogP) is 5.13. The summed E-state index contributed by atoms with van der Waals surface area (Å²) in [5.74, 6) is 0. The SMILES string of the molecule is Cc1ccc(NC(C)c2ccccc2Cl)cc1C. The first-order chi connectivity index (χ1) is 8.58. The molecule has 0 bridgehead atoms. The van der Waals surface area contributed by atoms with Crippen molar-refractivity contribution in [2.45, 2.75) is 26.8 Å². The molecule has 0 aliphatic carbocycles. The van der Waals surface area contributed by atoms with E-state index in [2.05, 4.69) is 50.4 Å². The number of anilines is 1. The number of hydrogen-bond donors (Lipinski definition) is 1. The van der Waals surface area contributed by atoms with E-state index >= 15 is 0 Å². The summed E-state index contributed by atoms with van der Waals surface area (Å²) < 4.78 is 0. The zero-order valence-corrected chi connectivity index (χ0v) is 11.8. The molecule has 0 heterocycles. The van der Waals surface area contributed by atoms with Gasteiger partial charge in [-0.25, -0.2) is 0 Å². The Morgan fingerprint density at radius 1 is 1.00 bits per heavy atom. The van der Waals surface area contributed by atoms with Gasteiger partial charge in [0.15, 0.2) is 0 Å². The highest BCUT2D eigenvalue weighted by Gasteiger charge is 2.08. The van der Waals surface area contributed by atoms with Crippen molar-refractivity contribution < 1.29 is 0 Å². The third kappa shape index (κ3) is 2.85. The Hall–Kier alpha value is -1.47. The highest BCUT2D eigenvalue weighted by molar-refractivity contribution is 6.31. The maximum atomic E-state index is 6.20. The lowest BCUT2D eigenvalue weighted by Crippen LogP contribution is -2.07. The Labute approximate surface area is 114 Å². The van der Waals surface area contributed by atoms with Crippen LogP contribution in [0.1, 0.15) is 29.7 Å². The van der Waals surface area contributed by atoms with Gasteiger partial charge in [0.25, 0.3) is 0 Å². The van der Waals surface area contributed by atoms with Crippen LogP contribution in [0.25, 0.3) is 0 Å². The summed E-state index contributed by atoms with van der Waals surface area (Å²) >= 11 is 6.20. The van der Waals surface area contributed by atoms with E-state index in [0.29, 0.717) is 0 Å². The monoisotopic (exact) mass is 259 g/mol. The molecule has 0 radical (unpaired) electrons. The molecule has 0 saturated heterocycles. The molecule has 2 rings (SSSR count). The molecule has 2 heteroatoms. The fraction of sp³-hybridized carbons (Fsp3) is 0.250. The van der Waals surface area contributed by atoms with Gasteiger partial charge in [0.2, 0.25) is 0 Å². The van der Waals surface area contributed by atoms with Gasteiger partial charge in [-0.2, -0.15) is 0 Å². The average molecular weight is 260 g/mol. The zero-order valence-electron chi connectivity index (χ0n) is 11.0. The molecule has 18 heavy (non-hydrogen) atoms. The standard InChI is InChI=1S/C16H18ClN/c1-11-8-9-14(10-12(11)2)18-13(3)15-6-4-5-7-16(15)17/h4-10,13,18H,1-3H3. The molecule has 0 aliphatic heterocycles.